The number of amides is 1. The van der Waals surface area contributed by atoms with Crippen molar-refractivity contribution in [3.63, 3.8) is 0 Å². The summed E-state index contributed by atoms with van der Waals surface area (Å²) in [6.07, 6.45) is 6.67. The van der Waals surface area contributed by atoms with E-state index in [0.29, 0.717) is 37.3 Å². The maximum absolute atomic E-state index is 14.0. The number of piperazine rings is 1. The molecule has 0 radical (unpaired) electrons. The van der Waals surface area contributed by atoms with E-state index >= 15 is 0 Å². The molecule has 0 atom stereocenters. The van der Waals surface area contributed by atoms with Gasteiger partial charge in [-0.3, -0.25) is 9.78 Å². The molecule has 132 valence electrons. The first-order chi connectivity index (χ1) is 12.7. The monoisotopic (exact) mass is 369 g/mol. The Morgan fingerprint density at radius 3 is 2.58 bits per heavy atom. The summed E-state index contributed by atoms with van der Waals surface area (Å²) in [5.74, 6) is 0.223. The van der Waals surface area contributed by atoms with Crippen LogP contribution in [0.5, 0.6) is 0 Å². The van der Waals surface area contributed by atoms with Crippen LogP contribution in [-0.2, 0) is 0 Å². The first-order valence-electron chi connectivity index (χ1n) is 8.21. The number of halogens is 1. The molecule has 3 aromatic rings. The minimum Gasteiger partial charge on any atom is -0.352 e. The van der Waals surface area contributed by atoms with Gasteiger partial charge < -0.3 is 9.80 Å². The van der Waals surface area contributed by atoms with Crippen LogP contribution in [0.3, 0.4) is 0 Å². The molecular weight excluding hydrogens is 353 g/mol. The van der Waals surface area contributed by atoms with Gasteiger partial charge in [-0.2, -0.15) is 0 Å². The summed E-state index contributed by atoms with van der Waals surface area (Å²) < 4.78 is 18.1. The minimum atomic E-state index is -0.421. The summed E-state index contributed by atoms with van der Waals surface area (Å²) in [5.41, 5.74) is 1.84. The highest BCUT2D eigenvalue weighted by atomic mass is 32.1. The number of carbonyl (C=O) groups excluding carboxylic acids is 1. The summed E-state index contributed by atoms with van der Waals surface area (Å²) in [5, 5.41) is 1.84. The molecule has 0 N–H and O–H groups in total. The first-order valence-corrected chi connectivity index (χ1v) is 9.05. The highest BCUT2D eigenvalue weighted by Gasteiger charge is 2.23. The molecule has 26 heavy (non-hydrogen) atoms. The normalized spacial score (nSPS) is 14.5. The third-order valence-electron chi connectivity index (χ3n) is 4.35. The summed E-state index contributed by atoms with van der Waals surface area (Å²) in [4.78, 5) is 25.0. The van der Waals surface area contributed by atoms with Gasteiger partial charge in [-0.1, -0.05) is 0 Å². The molecule has 0 bridgehead atoms. The summed E-state index contributed by atoms with van der Waals surface area (Å²) in [6.45, 7) is 2.45. The Labute approximate surface area is 154 Å². The fourth-order valence-electron chi connectivity index (χ4n) is 3.00. The van der Waals surface area contributed by atoms with Gasteiger partial charge in [0, 0.05) is 61.3 Å². The molecule has 6 nitrogen and oxygen atoms in total. The molecule has 1 aliphatic heterocycles. The molecule has 4 rings (SSSR count). The van der Waals surface area contributed by atoms with E-state index in [1.54, 1.807) is 35.8 Å². The van der Waals surface area contributed by atoms with E-state index in [4.69, 9.17) is 0 Å². The van der Waals surface area contributed by atoms with Crippen molar-refractivity contribution >= 4 is 23.3 Å². The summed E-state index contributed by atoms with van der Waals surface area (Å²) in [6, 6.07) is 4.44. The van der Waals surface area contributed by atoms with Crippen LogP contribution in [0.2, 0.25) is 0 Å². The highest BCUT2D eigenvalue weighted by Crippen LogP contribution is 2.24. The van der Waals surface area contributed by atoms with Gasteiger partial charge >= 0.3 is 0 Å². The second-order valence-electron chi connectivity index (χ2n) is 5.98. The molecule has 1 saturated heterocycles. The van der Waals surface area contributed by atoms with E-state index in [9.17, 15) is 9.18 Å². The van der Waals surface area contributed by atoms with Gasteiger partial charge in [0.25, 0.3) is 5.91 Å². The SMILES string of the molecule is O=C(c1cc(F)cc(-c2cnsc2)c1)N1CCN(c2cnccn2)CC1. The Hall–Kier alpha value is -2.87. The van der Waals surface area contributed by atoms with Crippen LogP contribution < -0.4 is 4.90 Å². The molecule has 2 aromatic heterocycles. The smallest absolute Gasteiger partial charge is 0.254 e. The lowest BCUT2D eigenvalue weighted by molar-refractivity contribution is 0.0746. The number of anilines is 1. The Kier molecular flexibility index (Phi) is 4.57. The second kappa shape index (κ2) is 7.17. The molecule has 1 aromatic carbocycles. The van der Waals surface area contributed by atoms with Crippen molar-refractivity contribution in [3.8, 4) is 11.1 Å². The van der Waals surface area contributed by atoms with Gasteiger partial charge in [-0.25, -0.2) is 13.7 Å². The van der Waals surface area contributed by atoms with Crippen molar-refractivity contribution in [1.29, 1.82) is 0 Å². The zero-order valence-corrected chi connectivity index (χ0v) is 14.7. The lowest BCUT2D eigenvalue weighted by Gasteiger charge is -2.35. The largest absolute Gasteiger partial charge is 0.352 e. The molecule has 1 fully saturated rings. The lowest BCUT2D eigenvalue weighted by Crippen LogP contribution is -2.49. The maximum Gasteiger partial charge on any atom is 0.254 e. The molecule has 1 amide bonds. The van der Waals surface area contributed by atoms with E-state index in [0.717, 1.165) is 11.4 Å². The van der Waals surface area contributed by atoms with Crippen LogP contribution in [0.15, 0.2) is 48.4 Å². The average molecular weight is 369 g/mol. The van der Waals surface area contributed by atoms with Crippen molar-refractivity contribution in [2.24, 2.45) is 0 Å². The molecule has 0 aliphatic carbocycles. The number of hydrogen-bond acceptors (Lipinski definition) is 6. The van der Waals surface area contributed by atoms with Crippen LogP contribution in [0.1, 0.15) is 10.4 Å². The Morgan fingerprint density at radius 2 is 1.88 bits per heavy atom. The molecule has 0 unspecified atom stereocenters. The molecule has 0 spiro atoms. The van der Waals surface area contributed by atoms with E-state index < -0.39 is 5.82 Å². The van der Waals surface area contributed by atoms with Gasteiger partial charge in [-0.05, 0) is 35.3 Å². The number of hydrogen-bond donors (Lipinski definition) is 0. The Bertz CT molecular complexity index is 895. The predicted molar refractivity (Wildman–Crippen MR) is 97.7 cm³/mol. The van der Waals surface area contributed by atoms with Crippen LogP contribution in [0.25, 0.3) is 11.1 Å². The van der Waals surface area contributed by atoms with E-state index in [1.807, 2.05) is 5.38 Å². The van der Waals surface area contributed by atoms with E-state index in [-0.39, 0.29) is 5.91 Å². The Balaban J connectivity index is 1.49. The molecule has 8 heteroatoms. The average Bonchev–Trinajstić information content (AvgIpc) is 3.23. The van der Waals surface area contributed by atoms with Crippen molar-refractivity contribution < 1.29 is 9.18 Å². The fourth-order valence-corrected chi connectivity index (χ4v) is 3.55. The van der Waals surface area contributed by atoms with E-state index in [2.05, 4.69) is 19.2 Å². The van der Waals surface area contributed by atoms with E-state index in [1.165, 1.54) is 23.7 Å². The molecular formula is C18H16FN5OS. The van der Waals surface area contributed by atoms with Crippen molar-refractivity contribution in [1.82, 2.24) is 19.2 Å². The predicted octanol–water partition coefficient (Wildman–Crippen LogP) is 2.70. The van der Waals surface area contributed by atoms with Crippen LogP contribution >= 0.6 is 11.5 Å². The Morgan fingerprint density at radius 1 is 1.04 bits per heavy atom. The third kappa shape index (κ3) is 3.41. The molecule has 1 aliphatic rings. The van der Waals surface area contributed by atoms with Gasteiger partial charge in [0.15, 0.2) is 0 Å². The van der Waals surface area contributed by atoms with Crippen LogP contribution in [0, 0.1) is 5.82 Å². The number of carbonyl (C=O) groups is 1. The number of benzene rings is 1. The minimum absolute atomic E-state index is 0.160. The summed E-state index contributed by atoms with van der Waals surface area (Å²) in [7, 11) is 0. The third-order valence-corrected chi connectivity index (χ3v) is 4.94. The first kappa shape index (κ1) is 16.6. The second-order valence-corrected chi connectivity index (χ2v) is 6.64. The van der Waals surface area contributed by atoms with Crippen LogP contribution in [0.4, 0.5) is 10.2 Å². The zero-order chi connectivity index (χ0) is 17.9. The molecule has 0 saturated carbocycles. The lowest BCUT2D eigenvalue weighted by atomic mass is 10.0. The number of aromatic nitrogens is 3. The maximum atomic E-state index is 14.0. The topological polar surface area (TPSA) is 62.2 Å². The quantitative estimate of drug-likeness (QED) is 0.710. The van der Waals surface area contributed by atoms with Crippen molar-refractivity contribution in [3.05, 3.63) is 59.7 Å². The van der Waals surface area contributed by atoms with Crippen molar-refractivity contribution in [2.75, 3.05) is 31.1 Å². The van der Waals surface area contributed by atoms with Crippen molar-refractivity contribution in [2.45, 2.75) is 0 Å². The molecule has 3 heterocycles. The number of nitrogens with zero attached hydrogens (tertiary/aromatic N) is 5. The van der Waals surface area contributed by atoms with Gasteiger partial charge in [0.1, 0.15) is 11.6 Å². The standard InChI is InChI=1S/C18H16FN5OS/c19-16-8-13(15-10-22-26-12-15)7-14(9-16)18(25)24-5-3-23(4-6-24)17-11-20-1-2-21-17/h1-2,7-12H,3-6H2. The fraction of sp³-hybridized carbons (Fsp3) is 0.222. The summed E-state index contributed by atoms with van der Waals surface area (Å²) >= 11 is 1.30. The van der Waals surface area contributed by atoms with Gasteiger partial charge in [0.05, 0.1) is 6.20 Å². The van der Waals surface area contributed by atoms with Gasteiger partial charge in [0.2, 0.25) is 0 Å². The number of rotatable bonds is 3. The van der Waals surface area contributed by atoms with Gasteiger partial charge in [-0.15, -0.1) is 0 Å². The zero-order valence-electron chi connectivity index (χ0n) is 13.9. The highest BCUT2D eigenvalue weighted by molar-refractivity contribution is 7.03. The van der Waals surface area contributed by atoms with Crippen LogP contribution in [-0.4, -0.2) is 51.3 Å².